The van der Waals surface area contributed by atoms with Gasteiger partial charge in [-0.2, -0.15) is 0 Å². The second-order valence-corrected chi connectivity index (χ2v) is 8.78. The largest absolute Gasteiger partial charge is 0.486 e. The molecular weight excluding hydrogens is 422 g/mol. The van der Waals surface area contributed by atoms with Crippen LogP contribution in [0.5, 0.6) is 11.5 Å². The van der Waals surface area contributed by atoms with Crippen molar-refractivity contribution in [1.29, 1.82) is 0 Å². The summed E-state index contributed by atoms with van der Waals surface area (Å²) in [6.07, 6.45) is 0.773. The Labute approximate surface area is 190 Å². The van der Waals surface area contributed by atoms with E-state index < -0.39 is 6.04 Å². The molecule has 0 unspecified atom stereocenters. The lowest BCUT2D eigenvalue weighted by Gasteiger charge is -2.20. The van der Waals surface area contributed by atoms with Crippen molar-refractivity contribution in [3.05, 3.63) is 77.3 Å². The van der Waals surface area contributed by atoms with Gasteiger partial charge in [0.15, 0.2) is 11.5 Å². The number of hydrogen-bond acceptors (Lipinski definition) is 6. The molecule has 0 radical (unpaired) electrons. The van der Waals surface area contributed by atoms with Crippen LogP contribution in [0.4, 0.5) is 11.4 Å². The minimum Gasteiger partial charge on any atom is -0.486 e. The molecule has 2 heterocycles. The number of fused-ring (bicyclic) bond motifs is 2. The predicted octanol–water partition coefficient (Wildman–Crippen LogP) is 5.10. The third-order valence-corrected chi connectivity index (χ3v) is 6.27. The average molecular weight is 446 g/mol. The van der Waals surface area contributed by atoms with E-state index in [0.717, 1.165) is 39.6 Å². The number of nitrogens with zero attached hydrogens (tertiary/aromatic N) is 1. The van der Waals surface area contributed by atoms with Crippen molar-refractivity contribution in [2.75, 3.05) is 23.8 Å². The fourth-order valence-corrected chi connectivity index (χ4v) is 4.58. The molecule has 0 saturated carbocycles. The zero-order valence-electron chi connectivity index (χ0n) is 17.6. The Morgan fingerprint density at radius 3 is 2.56 bits per heavy atom. The number of hydrogen-bond donors (Lipinski definition) is 2. The summed E-state index contributed by atoms with van der Waals surface area (Å²) < 4.78 is 12.3. The lowest BCUT2D eigenvalue weighted by molar-refractivity contribution is -0.116. The van der Waals surface area contributed by atoms with Crippen LogP contribution >= 0.6 is 11.3 Å². The number of carbonyl (C=O) groups excluding carboxylic acids is 1. The van der Waals surface area contributed by atoms with E-state index in [1.54, 1.807) is 11.3 Å². The molecule has 0 bridgehead atoms. The highest BCUT2D eigenvalue weighted by Gasteiger charge is 2.16. The van der Waals surface area contributed by atoms with E-state index in [4.69, 9.17) is 14.5 Å². The van der Waals surface area contributed by atoms with Gasteiger partial charge in [0.2, 0.25) is 5.91 Å². The lowest BCUT2D eigenvalue weighted by Crippen LogP contribution is -2.31. The molecule has 0 fully saturated rings. The molecule has 2 N–H and O–H groups in total. The number of rotatable bonds is 6. The van der Waals surface area contributed by atoms with E-state index in [1.807, 2.05) is 67.6 Å². The molecule has 1 aliphatic rings. The smallest absolute Gasteiger partial charge is 0.246 e. The lowest BCUT2D eigenvalue weighted by atomic mass is 10.1. The Morgan fingerprint density at radius 1 is 1.00 bits per heavy atom. The number of amides is 1. The minimum absolute atomic E-state index is 0.112. The quantitative estimate of drug-likeness (QED) is 0.432. The van der Waals surface area contributed by atoms with Gasteiger partial charge in [0.25, 0.3) is 0 Å². The van der Waals surface area contributed by atoms with Crippen molar-refractivity contribution in [2.24, 2.45) is 0 Å². The molecule has 5 rings (SSSR count). The number of benzene rings is 3. The molecule has 0 aliphatic carbocycles. The maximum Gasteiger partial charge on any atom is 0.246 e. The molecule has 0 saturated heterocycles. The van der Waals surface area contributed by atoms with Crippen molar-refractivity contribution in [3.63, 3.8) is 0 Å². The molecule has 32 heavy (non-hydrogen) atoms. The molecular formula is C25H23N3O3S. The van der Waals surface area contributed by atoms with Crippen molar-refractivity contribution in [2.45, 2.75) is 19.4 Å². The van der Waals surface area contributed by atoms with Gasteiger partial charge in [-0.05, 0) is 48.9 Å². The number of nitrogens with one attached hydrogen (secondary N) is 2. The Balaban J connectivity index is 1.18. The van der Waals surface area contributed by atoms with Crippen LogP contribution in [0.1, 0.15) is 17.5 Å². The molecule has 0 spiro atoms. The van der Waals surface area contributed by atoms with Gasteiger partial charge in [-0.1, -0.05) is 24.3 Å². The third-order valence-electron chi connectivity index (χ3n) is 5.23. The van der Waals surface area contributed by atoms with E-state index in [2.05, 4.69) is 16.7 Å². The fourth-order valence-electron chi connectivity index (χ4n) is 3.58. The van der Waals surface area contributed by atoms with Crippen molar-refractivity contribution in [1.82, 2.24) is 4.98 Å². The number of para-hydroxylation sites is 1. The monoisotopic (exact) mass is 445 g/mol. The van der Waals surface area contributed by atoms with Gasteiger partial charge < -0.3 is 20.1 Å². The highest BCUT2D eigenvalue weighted by atomic mass is 32.1. The second kappa shape index (κ2) is 8.88. The molecule has 162 valence electrons. The second-order valence-electron chi connectivity index (χ2n) is 7.66. The SMILES string of the molecule is C[C@@H](Nc1ccc2c(c1)OCCO2)C(=O)Nc1ccc(Cc2nc3ccccc3s2)cc1. The predicted molar refractivity (Wildman–Crippen MR) is 128 cm³/mol. The van der Waals surface area contributed by atoms with E-state index in [9.17, 15) is 4.79 Å². The summed E-state index contributed by atoms with van der Waals surface area (Å²) in [4.78, 5) is 17.3. The average Bonchev–Trinajstić information content (AvgIpc) is 3.22. The number of aromatic nitrogens is 1. The first kappa shape index (κ1) is 20.3. The Hall–Kier alpha value is -3.58. The summed E-state index contributed by atoms with van der Waals surface area (Å²) in [6.45, 7) is 2.91. The Morgan fingerprint density at radius 2 is 1.75 bits per heavy atom. The van der Waals surface area contributed by atoms with Gasteiger partial charge in [-0.15, -0.1) is 11.3 Å². The Bertz CT molecular complexity index is 1220. The fraction of sp³-hybridized carbons (Fsp3) is 0.200. The van der Waals surface area contributed by atoms with E-state index >= 15 is 0 Å². The van der Waals surface area contributed by atoms with Crippen LogP contribution in [0.3, 0.4) is 0 Å². The molecule has 1 aromatic heterocycles. The summed E-state index contributed by atoms with van der Waals surface area (Å²) >= 11 is 1.71. The first-order chi connectivity index (χ1) is 15.6. The number of ether oxygens (including phenoxy) is 2. The summed E-state index contributed by atoms with van der Waals surface area (Å²) in [5, 5.41) is 7.26. The summed E-state index contributed by atoms with van der Waals surface area (Å²) in [7, 11) is 0. The van der Waals surface area contributed by atoms with Gasteiger partial charge >= 0.3 is 0 Å². The van der Waals surface area contributed by atoms with E-state index in [-0.39, 0.29) is 5.91 Å². The zero-order chi connectivity index (χ0) is 21.9. The van der Waals surface area contributed by atoms with E-state index in [0.29, 0.717) is 19.0 Å². The highest BCUT2D eigenvalue weighted by Crippen LogP contribution is 2.32. The summed E-state index contributed by atoms with van der Waals surface area (Å²) in [5.74, 6) is 1.31. The van der Waals surface area contributed by atoms with Crippen molar-refractivity contribution >= 4 is 38.8 Å². The van der Waals surface area contributed by atoms with Crippen LogP contribution < -0.4 is 20.1 Å². The van der Waals surface area contributed by atoms with Gasteiger partial charge in [-0.3, -0.25) is 4.79 Å². The first-order valence-electron chi connectivity index (χ1n) is 10.5. The molecule has 1 amide bonds. The third kappa shape index (κ3) is 4.53. The van der Waals surface area contributed by atoms with E-state index in [1.165, 1.54) is 4.70 Å². The summed E-state index contributed by atoms with van der Waals surface area (Å²) in [5.41, 5.74) is 3.77. The van der Waals surface area contributed by atoms with Crippen molar-refractivity contribution in [3.8, 4) is 11.5 Å². The minimum atomic E-state index is -0.417. The van der Waals surface area contributed by atoms with Crippen molar-refractivity contribution < 1.29 is 14.3 Å². The molecule has 4 aromatic rings. The normalized spacial score (nSPS) is 13.5. The maximum absolute atomic E-state index is 12.6. The van der Waals surface area contributed by atoms with Crippen LogP contribution in [0.15, 0.2) is 66.7 Å². The molecule has 3 aromatic carbocycles. The van der Waals surface area contributed by atoms with Crippen LogP contribution in [0, 0.1) is 0 Å². The molecule has 7 heteroatoms. The Kier molecular flexibility index (Phi) is 5.64. The molecule has 6 nitrogen and oxygen atoms in total. The van der Waals surface area contributed by atoms with Crippen LogP contribution in [-0.4, -0.2) is 30.1 Å². The number of anilines is 2. The van der Waals surface area contributed by atoms with Gasteiger partial charge in [0.05, 0.1) is 15.2 Å². The maximum atomic E-state index is 12.6. The van der Waals surface area contributed by atoms with Crippen LogP contribution in [0.2, 0.25) is 0 Å². The van der Waals surface area contributed by atoms with Gasteiger partial charge in [0.1, 0.15) is 19.3 Å². The first-order valence-corrected chi connectivity index (χ1v) is 11.4. The zero-order valence-corrected chi connectivity index (χ0v) is 18.4. The van der Waals surface area contributed by atoms with Crippen LogP contribution in [0.25, 0.3) is 10.2 Å². The number of thiazole rings is 1. The standard InChI is InChI=1S/C25H23N3O3S/c1-16(26-19-10-11-21-22(15-19)31-13-12-30-21)25(29)27-18-8-6-17(7-9-18)14-24-28-20-4-2-3-5-23(20)32-24/h2-11,15-16,26H,12-14H2,1H3,(H,27,29)/t16-/m1/s1. The topological polar surface area (TPSA) is 72.5 Å². The van der Waals surface area contributed by atoms with Gasteiger partial charge in [0, 0.05) is 23.9 Å². The number of carbonyl (C=O) groups is 1. The van der Waals surface area contributed by atoms with Gasteiger partial charge in [-0.25, -0.2) is 4.98 Å². The van der Waals surface area contributed by atoms with Crippen LogP contribution in [-0.2, 0) is 11.2 Å². The summed E-state index contributed by atoms with van der Waals surface area (Å²) in [6, 6.07) is 21.3. The molecule has 1 aliphatic heterocycles. The molecule has 1 atom stereocenters. The highest BCUT2D eigenvalue weighted by molar-refractivity contribution is 7.18.